The number of benzene rings is 2. The molecule has 1 heterocycles. The maximum Gasteiger partial charge on any atom is 0.0403 e. The fourth-order valence-electron chi connectivity index (χ4n) is 3.06. The molecule has 2 aromatic rings. The maximum atomic E-state index is 5.73. The molecule has 2 atom stereocenters. The summed E-state index contributed by atoms with van der Waals surface area (Å²) in [4.78, 5) is 2.55. The number of hydrogen-bond donors (Lipinski definition) is 2. The lowest BCUT2D eigenvalue weighted by Gasteiger charge is -2.21. The van der Waals surface area contributed by atoms with Crippen molar-refractivity contribution in [2.24, 2.45) is 0 Å². The first-order valence-electron chi connectivity index (χ1n) is 7.61. The van der Waals surface area contributed by atoms with Crippen LogP contribution in [-0.2, 0) is 6.54 Å². The van der Waals surface area contributed by atoms with Crippen LogP contribution in [-0.4, -0.2) is 23.5 Å². The number of hydrogen-bond acceptors (Lipinski definition) is 3. The van der Waals surface area contributed by atoms with Gasteiger partial charge in [0.1, 0.15) is 0 Å². The highest BCUT2D eigenvalue weighted by Crippen LogP contribution is 2.23. The Bertz CT molecular complexity index is 565. The largest absolute Gasteiger partial charge is 0.399 e. The van der Waals surface area contributed by atoms with Gasteiger partial charge in [0, 0.05) is 36.5 Å². The Balaban J connectivity index is 1.59. The van der Waals surface area contributed by atoms with E-state index in [9.17, 15) is 0 Å². The van der Waals surface area contributed by atoms with Gasteiger partial charge in [0.15, 0.2) is 0 Å². The van der Waals surface area contributed by atoms with E-state index < -0.39 is 0 Å². The van der Waals surface area contributed by atoms with Crippen LogP contribution >= 0.6 is 0 Å². The lowest BCUT2D eigenvalue weighted by molar-refractivity contribution is 0.259. The predicted molar refractivity (Wildman–Crippen MR) is 89.2 cm³/mol. The minimum atomic E-state index is 0.507. The molecule has 0 bridgehead atoms. The van der Waals surface area contributed by atoms with Gasteiger partial charge in [0.05, 0.1) is 0 Å². The fraction of sp³-hybridized carbons (Fsp3) is 0.333. The van der Waals surface area contributed by atoms with Crippen molar-refractivity contribution in [1.29, 1.82) is 0 Å². The Morgan fingerprint density at radius 3 is 2.52 bits per heavy atom. The van der Waals surface area contributed by atoms with E-state index in [2.05, 4.69) is 59.6 Å². The fourth-order valence-corrected chi connectivity index (χ4v) is 3.06. The monoisotopic (exact) mass is 281 g/mol. The number of nitrogens with two attached hydrogens (primary N) is 1. The summed E-state index contributed by atoms with van der Waals surface area (Å²) in [5.74, 6) is 0. The molecule has 2 aromatic carbocycles. The Kier molecular flexibility index (Phi) is 4.11. The van der Waals surface area contributed by atoms with Gasteiger partial charge in [0.25, 0.3) is 0 Å². The molecular weight excluding hydrogens is 258 g/mol. The summed E-state index contributed by atoms with van der Waals surface area (Å²) in [6, 6.07) is 19.8. The van der Waals surface area contributed by atoms with E-state index in [4.69, 9.17) is 5.73 Å². The van der Waals surface area contributed by atoms with Gasteiger partial charge >= 0.3 is 0 Å². The van der Waals surface area contributed by atoms with Crippen molar-refractivity contribution in [3.05, 3.63) is 60.2 Å². The molecule has 3 nitrogen and oxygen atoms in total. The van der Waals surface area contributed by atoms with Crippen LogP contribution in [0.3, 0.4) is 0 Å². The molecular formula is C18H23N3. The average Bonchev–Trinajstić information content (AvgIpc) is 2.82. The van der Waals surface area contributed by atoms with Gasteiger partial charge in [-0.1, -0.05) is 30.3 Å². The Morgan fingerprint density at radius 2 is 1.81 bits per heavy atom. The van der Waals surface area contributed by atoms with Crippen molar-refractivity contribution >= 4 is 11.4 Å². The molecule has 2 unspecified atom stereocenters. The van der Waals surface area contributed by atoms with Gasteiger partial charge in [-0.05, 0) is 43.2 Å². The molecule has 1 saturated heterocycles. The van der Waals surface area contributed by atoms with Crippen LogP contribution in [0.1, 0.15) is 18.9 Å². The normalized spacial score (nSPS) is 22.3. The van der Waals surface area contributed by atoms with Crippen LogP contribution in [0.4, 0.5) is 11.4 Å². The molecule has 0 aliphatic carbocycles. The van der Waals surface area contributed by atoms with Crippen molar-refractivity contribution in [2.75, 3.05) is 17.6 Å². The van der Waals surface area contributed by atoms with E-state index in [1.165, 1.54) is 12.0 Å². The van der Waals surface area contributed by atoms with Crippen molar-refractivity contribution in [1.82, 2.24) is 4.90 Å². The number of nitrogens with zero attached hydrogens (tertiary/aromatic N) is 1. The summed E-state index contributed by atoms with van der Waals surface area (Å²) in [5, 5.41) is 3.62. The van der Waals surface area contributed by atoms with Gasteiger partial charge in [0.2, 0.25) is 0 Å². The SMILES string of the molecule is CC1CC(Nc2ccc(N)cc2)CN1Cc1ccccc1. The molecule has 3 N–H and O–H groups in total. The zero-order chi connectivity index (χ0) is 14.7. The van der Waals surface area contributed by atoms with Crippen LogP contribution in [0.15, 0.2) is 54.6 Å². The first-order chi connectivity index (χ1) is 10.2. The molecule has 0 radical (unpaired) electrons. The van der Waals surface area contributed by atoms with E-state index in [0.717, 1.165) is 24.5 Å². The van der Waals surface area contributed by atoms with Crippen LogP contribution in [0, 0.1) is 0 Å². The quantitative estimate of drug-likeness (QED) is 0.845. The predicted octanol–water partition coefficient (Wildman–Crippen LogP) is 3.34. The van der Waals surface area contributed by atoms with Crippen molar-refractivity contribution in [3.63, 3.8) is 0 Å². The Labute approximate surface area is 126 Å². The van der Waals surface area contributed by atoms with Gasteiger partial charge in [-0.3, -0.25) is 4.90 Å². The Hall–Kier alpha value is -2.00. The van der Waals surface area contributed by atoms with Crippen LogP contribution < -0.4 is 11.1 Å². The van der Waals surface area contributed by atoms with Gasteiger partial charge in [-0.15, -0.1) is 0 Å². The molecule has 1 fully saturated rings. The number of nitrogen functional groups attached to an aromatic ring is 1. The third kappa shape index (κ3) is 3.56. The van der Waals surface area contributed by atoms with Crippen molar-refractivity contribution in [2.45, 2.75) is 32.0 Å². The van der Waals surface area contributed by atoms with E-state index >= 15 is 0 Å². The summed E-state index contributed by atoms with van der Waals surface area (Å²) in [6.07, 6.45) is 1.18. The summed E-state index contributed by atoms with van der Waals surface area (Å²) >= 11 is 0. The molecule has 0 spiro atoms. The summed E-state index contributed by atoms with van der Waals surface area (Å²) < 4.78 is 0. The maximum absolute atomic E-state index is 5.73. The second-order valence-electron chi connectivity index (χ2n) is 5.96. The molecule has 21 heavy (non-hydrogen) atoms. The molecule has 0 saturated carbocycles. The topological polar surface area (TPSA) is 41.3 Å². The van der Waals surface area contributed by atoms with E-state index in [1.807, 2.05) is 12.1 Å². The number of likely N-dealkylation sites (tertiary alicyclic amines) is 1. The van der Waals surface area contributed by atoms with Crippen LogP contribution in [0.2, 0.25) is 0 Å². The van der Waals surface area contributed by atoms with Crippen molar-refractivity contribution in [3.8, 4) is 0 Å². The van der Waals surface area contributed by atoms with Crippen LogP contribution in [0.5, 0.6) is 0 Å². The molecule has 3 heteroatoms. The third-order valence-electron chi connectivity index (χ3n) is 4.21. The number of nitrogens with one attached hydrogen (secondary N) is 1. The number of rotatable bonds is 4. The summed E-state index contributed by atoms with van der Waals surface area (Å²) in [7, 11) is 0. The summed E-state index contributed by atoms with van der Waals surface area (Å²) in [5.41, 5.74) is 9.08. The third-order valence-corrected chi connectivity index (χ3v) is 4.21. The smallest absolute Gasteiger partial charge is 0.0403 e. The van der Waals surface area contributed by atoms with E-state index in [1.54, 1.807) is 0 Å². The zero-order valence-electron chi connectivity index (χ0n) is 12.5. The standard InChI is InChI=1S/C18H23N3/c1-14-11-18(20-17-9-7-16(19)8-10-17)13-21(14)12-15-5-3-2-4-6-15/h2-10,14,18,20H,11-13,19H2,1H3. The van der Waals surface area contributed by atoms with Gasteiger partial charge in [-0.2, -0.15) is 0 Å². The Morgan fingerprint density at radius 1 is 1.10 bits per heavy atom. The second-order valence-corrected chi connectivity index (χ2v) is 5.96. The van der Waals surface area contributed by atoms with E-state index in [0.29, 0.717) is 12.1 Å². The highest BCUT2D eigenvalue weighted by molar-refractivity contribution is 5.51. The molecule has 3 rings (SSSR count). The minimum absolute atomic E-state index is 0.507. The first kappa shape index (κ1) is 14.0. The lowest BCUT2D eigenvalue weighted by atomic mass is 10.1. The zero-order valence-corrected chi connectivity index (χ0v) is 12.5. The van der Waals surface area contributed by atoms with Crippen molar-refractivity contribution < 1.29 is 0 Å². The second kappa shape index (κ2) is 6.19. The lowest BCUT2D eigenvalue weighted by Crippen LogP contribution is -2.28. The molecule has 1 aliphatic heterocycles. The minimum Gasteiger partial charge on any atom is -0.399 e. The van der Waals surface area contributed by atoms with Gasteiger partial charge in [-0.25, -0.2) is 0 Å². The van der Waals surface area contributed by atoms with Gasteiger partial charge < -0.3 is 11.1 Å². The molecule has 110 valence electrons. The molecule has 1 aliphatic rings. The molecule has 0 amide bonds. The van der Waals surface area contributed by atoms with E-state index in [-0.39, 0.29) is 0 Å². The molecule has 0 aromatic heterocycles. The summed E-state index contributed by atoms with van der Waals surface area (Å²) in [6.45, 7) is 4.43. The van der Waals surface area contributed by atoms with Crippen LogP contribution in [0.25, 0.3) is 0 Å². The number of anilines is 2. The first-order valence-corrected chi connectivity index (χ1v) is 7.61. The average molecular weight is 281 g/mol. The highest BCUT2D eigenvalue weighted by Gasteiger charge is 2.28. The highest BCUT2D eigenvalue weighted by atomic mass is 15.2.